The van der Waals surface area contributed by atoms with E-state index in [0.717, 1.165) is 27.9 Å². The van der Waals surface area contributed by atoms with Gasteiger partial charge in [0.05, 0.1) is 23.9 Å². The number of fused-ring (bicyclic) bond motifs is 1. The minimum Gasteiger partial charge on any atom is -0.497 e. The summed E-state index contributed by atoms with van der Waals surface area (Å²) in [6.45, 7) is 5.36. The average Bonchev–Trinajstić information content (AvgIpc) is 2.68. The number of carbonyl (C=O) groups excluding carboxylic acids is 1. The van der Waals surface area contributed by atoms with Gasteiger partial charge in [-0.3, -0.25) is 4.79 Å². The lowest BCUT2D eigenvalue weighted by Gasteiger charge is -2.20. The molecule has 3 rings (SSSR count). The Balaban J connectivity index is 2.16. The fourth-order valence-corrected chi connectivity index (χ4v) is 2.94. The van der Waals surface area contributed by atoms with Crippen LogP contribution in [0.15, 0.2) is 54.6 Å². The van der Waals surface area contributed by atoms with E-state index in [4.69, 9.17) is 9.72 Å². The number of amides is 1. The zero-order valence-corrected chi connectivity index (χ0v) is 14.8. The number of para-hydroxylation sites is 1. The molecule has 1 amide bonds. The second kappa shape index (κ2) is 7.34. The normalized spacial score (nSPS) is 10.7. The first kappa shape index (κ1) is 17.0. The summed E-state index contributed by atoms with van der Waals surface area (Å²) in [6.07, 6.45) is 0. The van der Waals surface area contributed by atoms with Gasteiger partial charge in [-0.15, -0.1) is 0 Å². The van der Waals surface area contributed by atoms with Crippen molar-refractivity contribution < 1.29 is 9.53 Å². The van der Waals surface area contributed by atoms with Gasteiger partial charge in [0.1, 0.15) is 5.75 Å². The van der Waals surface area contributed by atoms with Crippen LogP contribution in [-0.2, 0) is 0 Å². The molecule has 2 aromatic carbocycles. The SMILES string of the molecule is CCN(CC)C(=O)c1cc(-c2ccc(OC)cc2)nc2ccccc12. The lowest BCUT2D eigenvalue weighted by atomic mass is 10.0. The summed E-state index contributed by atoms with van der Waals surface area (Å²) in [6, 6.07) is 17.4. The number of hydrogen-bond acceptors (Lipinski definition) is 3. The van der Waals surface area contributed by atoms with Gasteiger partial charge in [0.25, 0.3) is 5.91 Å². The number of carbonyl (C=O) groups is 1. The third-order valence-electron chi connectivity index (χ3n) is 4.38. The maximum absolute atomic E-state index is 13.0. The first-order chi connectivity index (χ1) is 12.2. The summed E-state index contributed by atoms with van der Waals surface area (Å²) in [5, 5.41) is 0.886. The van der Waals surface area contributed by atoms with Crippen LogP contribution in [0.25, 0.3) is 22.2 Å². The van der Waals surface area contributed by atoms with Crippen molar-refractivity contribution in [3.8, 4) is 17.0 Å². The van der Waals surface area contributed by atoms with E-state index >= 15 is 0 Å². The Morgan fingerprint density at radius 1 is 1.04 bits per heavy atom. The summed E-state index contributed by atoms with van der Waals surface area (Å²) in [5.74, 6) is 0.836. The van der Waals surface area contributed by atoms with Gasteiger partial charge in [0, 0.05) is 24.0 Å². The third-order valence-corrected chi connectivity index (χ3v) is 4.38. The predicted molar refractivity (Wildman–Crippen MR) is 101 cm³/mol. The van der Waals surface area contributed by atoms with Gasteiger partial charge in [-0.2, -0.15) is 0 Å². The van der Waals surface area contributed by atoms with Crippen LogP contribution in [0.4, 0.5) is 0 Å². The van der Waals surface area contributed by atoms with Gasteiger partial charge in [-0.05, 0) is 50.2 Å². The van der Waals surface area contributed by atoms with Crippen LogP contribution in [0, 0.1) is 0 Å². The molecule has 0 aliphatic rings. The molecule has 25 heavy (non-hydrogen) atoms. The molecule has 0 saturated heterocycles. The Bertz CT molecular complexity index is 884. The number of aromatic nitrogens is 1. The molecule has 0 fully saturated rings. The highest BCUT2D eigenvalue weighted by molar-refractivity contribution is 6.07. The number of nitrogens with zero attached hydrogens (tertiary/aromatic N) is 2. The first-order valence-corrected chi connectivity index (χ1v) is 8.51. The Kier molecular flexibility index (Phi) is 4.98. The predicted octanol–water partition coefficient (Wildman–Crippen LogP) is 4.39. The molecule has 128 valence electrons. The third kappa shape index (κ3) is 3.33. The largest absolute Gasteiger partial charge is 0.497 e. The van der Waals surface area contributed by atoms with Crippen molar-refractivity contribution in [1.82, 2.24) is 9.88 Å². The van der Waals surface area contributed by atoms with E-state index in [0.29, 0.717) is 18.7 Å². The Hall–Kier alpha value is -2.88. The van der Waals surface area contributed by atoms with E-state index in [2.05, 4.69) is 0 Å². The summed E-state index contributed by atoms with van der Waals surface area (Å²) in [7, 11) is 1.64. The minimum absolute atomic E-state index is 0.0401. The summed E-state index contributed by atoms with van der Waals surface area (Å²) >= 11 is 0. The molecule has 1 heterocycles. The van der Waals surface area contributed by atoms with Crippen LogP contribution in [0.1, 0.15) is 24.2 Å². The van der Waals surface area contributed by atoms with Crippen molar-refractivity contribution >= 4 is 16.8 Å². The standard InChI is InChI=1S/C21H22N2O2/c1-4-23(5-2)21(24)18-14-20(15-10-12-16(25-3)13-11-15)22-19-9-7-6-8-17(18)19/h6-14H,4-5H2,1-3H3. The molecule has 0 unspecified atom stereocenters. The molecule has 3 aromatic rings. The van der Waals surface area contributed by atoms with E-state index in [-0.39, 0.29) is 5.91 Å². The fraction of sp³-hybridized carbons (Fsp3) is 0.238. The van der Waals surface area contributed by atoms with Gasteiger partial charge in [0.15, 0.2) is 0 Å². The first-order valence-electron chi connectivity index (χ1n) is 8.51. The van der Waals surface area contributed by atoms with Crippen LogP contribution in [0.2, 0.25) is 0 Å². The molecule has 1 aromatic heterocycles. The van der Waals surface area contributed by atoms with Crippen LogP contribution < -0.4 is 4.74 Å². The summed E-state index contributed by atoms with van der Waals surface area (Å²) in [4.78, 5) is 19.6. The number of benzene rings is 2. The van der Waals surface area contributed by atoms with Crippen LogP contribution >= 0.6 is 0 Å². The topological polar surface area (TPSA) is 42.4 Å². The maximum atomic E-state index is 13.0. The Labute approximate surface area is 148 Å². The molecular formula is C21H22N2O2. The van der Waals surface area contributed by atoms with Crippen molar-refractivity contribution in [2.24, 2.45) is 0 Å². The lowest BCUT2D eigenvalue weighted by Crippen LogP contribution is -2.30. The highest BCUT2D eigenvalue weighted by atomic mass is 16.5. The highest BCUT2D eigenvalue weighted by Gasteiger charge is 2.17. The Morgan fingerprint density at radius 2 is 1.72 bits per heavy atom. The summed E-state index contributed by atoms with van der Waals surface area (Å²) < 4.78 is 5.22. The monoisotopic (exact) mass is 334 g/mol. The van der Waals surface area contributed by atoms with Gasteiger partial charge in [0.2, 0.25) is 0 Å². The van der Waals surface area contributed by atoms with E-state index in [1.54, 1.807) is 7.11 Å². The average molecular weight is 334 g/mol. The molecule has 0 N–H and O–H groups in total. The molecule has 0 radical (unpaired) electrons. The van der Waals surface area contributed by atoms with Crippen molar-refractivity contribution in [2.45, 2.75) is 13.8 Å². The summed E-state index contributed by atoms with van der Waals surface area (Å²) in [5.41, 5.74) is 3.27. The zero-order chi connectivity index (χ0) is 17.8. The second-order valence-electron chi connectivity index (χ2n) is 5.78. The zero-order valence-electron chi connectivity index (χ0n) is 14.8. The van der Waals surface area contributed by atoms with E-state index in [9.17, 15) is 4.79 Å². The van der Waals surface area contributed by atoms with Gasteiger partial charge >= 0.3 is 0 Å². The number of pyridine rings is 1. The van der Waals surface area contributed by atoms with Crippen molar-refractivity contribution in [3.05, 3.63) is 60.2 Å². The fourth-order valence-electron chi connectivity index (χ4n) is 2.94. The number of ether oxygens (including phenoxy) is 1. The van der Waals surface area contributed by atoms with E-state index in [1.807, 2.05) is 73.3 Å². The number of methoxy groups -OCH3 is 1. The van der Waals surface area contributed by atoms with Gasteiger partial charge in [-0.25, -0.2) is 4.98 Å². The molecule has 0 bridgehead atoms. The number of rotatable bonds is 5. The molecule has 4 nitrogen and oxygen atoms in total. The minimum atomic E-state index is 0.0401. The molecule has 0 aliphatic heterocycles. The smallest absolute Gasteiger partial charge is 0.254 e. The van der Waals surface area contributed by atoms with E-state index < -0.39 is 0 Å². The molecule has 0 aliphatic carbocycles. The second-order valence-corrected chi connectivity index (χ2v) is 5.78. The number of hydrogen-bond donors (Lipinski definition) is 0. The van der Waals surface area contributed by atoms with Gasteiger partial charge < -0.3 is 9.64 Å². The van der Waals surface area contributed by atoms with E-state index in [1.165, 1.54) is 0 Å². The van der Waals surface area contributed by atoms with Gasteiger partial charge in [-0.1, -0.05) is 18.2 Å². The van der Waals surface area contributed by atoms with Crippen LogP contribution in [0.5, 0.6) is 5.75 Å². The maximum Gasteiger partial charge on any atom is 0.254 e. The van der Waals surface area contributed by atoms with Crippen molar-refractivity contribution in [1.29, 1.82) is 0 Å². The molecule has 4 heteroatoms. The van der Waals surface area contributed by atoms with Crippen LogP contribution in [0.3, 0.4) is 0 Å². The molecule has 0 saturated carbocycles. The molecular weight excluding hydrogens is 312 g/mol. The Morgan fingerprint density at radius 3 is 2.36 bits per heavy atom. The molecule has 0 atom stereocenters. The van der Waals surface area contributed by atoms with Crippen molar-refractivity contribution in [2.75, 3.05) is 20.2 Å². The lowest BCUT2D eigenvalue weighted by molar-refractivity contribution is 0.0775. The van der Waals surface area contributed by atoms with Crippen molar-refractivity contribution in [3.63, 3.8) is 0 Å². The highest BCUT2D eigenvalue weighted by Crippen LogP contribution is 2.27. The molecule has 0 spiro atoms. The quantitative estimate of drug-likeness (QED) is 0.695. The van der Waals surface area contributed by atoms with Crippen LogP contribution in [-0.4, -0.2) is 36.0 Å².